The number of hydrogen-bond acceptors (Lipinski definition) is 4. The maximum atomic E-state index is 13.0. The Hall–Kier alpha value is -1.93. The summed E-state index contributed by atoms with van der Waals surface area (Å²) in [6, 6.07) is 3.89. The number of carbonyl (C=O) groups excluding carboxylic acids is 1. The molecule has 0 spiro atoms. The lowest BCUT2D eigenvalue weighted by atomic mass is 10.2. The summed E-state index contributed by atoms with van der Waals surface area (Å²) in [5, 5.41) is 0. The molecule has 0 N–H and O–H groups in total. The molecule has 3 rings (SSSR count). The molecule has 0 bridgehead atoms. The first kappa shape index (κ1) is 16.9. The van der Waals surface area contributed by atoms with E-state index in [-0.39, 0.29) is 5.91 Å². The Morgan fingerprint density at radius 3 is 2.62 bits per heavy atom. The number of aromatic nitrogens is 2. The van der Waals surface area contributed by atoms with Crippen LogP contribution in [0.2, 0.25) is 0 Å². The topological polar surface area (TPSA) is 75.0 Å². The molecule has 1 aliphatic rings. The average Bonchev–Trinajstić information content (AvgIpc) is 2.68. The lowest BCUT2D eigenvalue weighted by Crippen LogP contribution is -2.37. The zero-order chi connectivity index (χ0) is 17.5. The molecule has 8 heteroatoms. The normalized spacial score (nSPS) is 17.2. The van der Waals surface area contributed by atoms with Gasteiger partial charge in [0.05, 0.1) is 11.9 Å². The van der Waals surface area contributed by atoms with Gasteiger partial charge in [-0.05, 0) is 38.0 Å². The summed E-state index contributed by atoms with van der Waals surface area (Å²) in [7, 11) is -3.22. The highest BCUT2D eigenvalue weighted by atomic mass is 32.2. The Balaban J connectivity index is 1.88. The van der Waals surface area contributed by atoms with Gasteiger partial charge >= 0.3 is 0 Å². The third-order valence-corrected chi connectivity index (χ3v) is 5.67. The third kappa shape index (κ3) is 3.16. The van der Waals surface area contributed by atoms with Gasteiger partial charge in [0.15, 0.2) is 0 Å². The smallest absolute Gasteiger partial charge is 0.272 e. The van der Waals surface area contributed by atoms with Gasteiger partial charge < -0.3 is 4.90 Å². The van der Waals surface area contributed by atoms with Gasteiger partial charge in [0.25, 0.3) is 5.91 Å². The number of fused-ring (bicyclic) bond motifs is 1. The Labute approximate surface area is 141 Å². The van der Waals surface area contributed by atoms with Crippen LogP contribution in [0.4, 0.5) is 0 Å². The fraction of sp³-hybridized carbons (Fsp3) is 0.500. The number of sulfonamides is 1. The van der Waals surface area contributed by atoms with E-state index in [1.54, 1.807) is 4.90 Å². The van der Waals surface area contributed by atoms with E-state index >= 15 is 0 Å². The zero-order valence-corrected chi connectivity index (χ0v) is 15.0. The Morgan fingerprint density at radius 1 is 1.17 bits per heavy atom. The minimum atomic E-state index is -3.22. The van der Waals surface area contributed by atoms with Gasteiger partial charge in [0.1, 0.15) is 11.3 Å². The number of amides is 1. The van der Waals surface area contributed by atoms with Crippen molar-refractivity contribution in [2.45, 2.75) is 20.3 Å². The second-order valence-corrected chi connectivity index (χ2v) is 8.27. The third-order valence-electron chi connectivity index (χ3n) is 4.37. The van der Waals surface area contributed by atoms with Gasteiger partial charge in [-0.3, -0.25) is 9.20 Å². The van der Waals surface area contributed by atoms with E-state index in [0.717, 1.165) is 11.2 Å². The van der Waals surface area contributed by atoms with Crippen molar-refractivity contribution < 1.29 is 13.2 Å². The lowest BCUT2D eigenvalue weighted by molar-refractivity contribution is 0.0756. The Morgan fingerprint density at radius 2 is 1.92 bits per heavy atom. The van der Waals surface area contributed by atoms with Crippen LogP contribution in [0.15, 0.2) is 18.3 Å². The van der Waals surface area contributed by atoms with Crippen molar-refractivity contribution in [2.75, 3.05) is 32.4 Å². The number of carbonyl (C=O) groups is 1. The number of hydrogen-bond donors (Lipinski definition) is 0. The van der Waals surface area contributed by atoms with Gasteiger partial charge in [-0.15, -0.1) is 0 Å². The standard InChI is InChI=1S/C16H22N4O3S/c1-12-5-8-20-14(11-12)17-13(2)15(20)16(21)18-6-4-7-19(10-9-18)24(3,22)23/h5,8,11H,4,6-7,9-10H2,1-3H3. The first-order valence-corrected chi connectivity index (χ1v) is 9.82. The van der Waals surface area contributed by atoms with Crippen molar-refractivity contribution in [3.05, 3.63) is 35.3 Å². The summed E-state index contributed by atoms with van der Waals surface area (Å²) < 4.78 is 26.7. The summed E-state index contributed by atoms with van der Waals surface area (Å²) >= 11 is 0. The van der Waals surface area contributed by atoms with Crippen LogP contribution < -0.4 is 0 Å². The fourth-order valence-corrected chi connectivity index (χ4v) is 3.97. The highest BCUT2D eigenvalue weighted by Gasteiger charge is 2.27. The number of pyridine rings is 1. The minimum absolute atomic E-state index is 0.0980. The van der Waals surface area contributed by atoms with Crippen LogP contribution in [0, 0.1) is 13.8 Å². The van der Waals surface area contributed by atoms with Crippen molar-refractivity contribution in [3.63, 3.8) is 0 Å². The van der Waals surface area contributed by atoms with E-state index < -0.39 is 10.0 Å². The minimum Gasteiger partial charge on any atom is -0.336 e. The quantitative estimate of drug-likeness (QED) is 0.812. The Kier molecular flexibility index (Phi) is 4.35. The summed E-state index contributed by atoms with van der Waals surface area (Å²) in [5.74, 6) is -0.0980. The van der Waals surface area contributed by atoms with Crippen LogP contribution >= 0.6 is 0 Å². The molecule has 1 saturated heterocycles. The van der Waals surface area contributed by atoms with E-state index in [9.17, 15) is 13.2 Å². The largest absolute Gasteiger partial charge is 0.336 e. The molecule has 3 heterocycles. The molecule has 7 nitrogen and oxygen atoms in total. The highest BCUT2D eigenvalue weighted by molar-refractivity contribution is 7.88. The maximum Gasteiger partial charge on any atom is 0.272 e. The van der Waals surface area contributed by atoms with Crippen molar-refractivity contribution in [3.8, 4) is 0 Å². The average molecular weight is 350 g/mol. The molecule has 2 aromatic heterocycles. The summed E-state index contributed by atoms with van der Waals surface area (Å²) in [4.78, 5) is 19.2. The first-order valence-electron chi connectivity index (χ1n) is 7.97. The van der Waals surface area contributed by atoms with Gasteiger partial charge in [-0.1, -0.05) is 0 Å². The first-order chi connectivity index (χ1) is 11.3. The molecule has 1 aliphatic heterocycles. The number of rotatable bonds is 2. The monoisotopic (exact) mass is 350 g/mol. The van der Waals surface area contributed by atoms with Crippen LogP contribution in [0.3, 0.4) is 0 Å². The number of aryl methyl sites for hydroxylation is 2. The Bertz CT molecular complexity index is 888. The summed E-state index contributed by atoms with van der Waals surface area (Å²) in [6.07, 6.45) is 3.70. The highest BCUT2D eigenvalue weighted by Crippen LogP contribution is 2.17. The zero-order valence-electron chi connectivity index (χ0n) is 14.2. The van der Waals surface area contributed by atoms with E-state index in [1.165, 1.54) is 10.6 Å². The van der Waals surface area contributed by atoms with Crippen molar-refractivity contribution in [1.82, 2.24) is 18.6 Å². The van der Waals surface area contributed by atoms with Crippen molar-refractivity contribution in [2.24, 2.45) is 0 Å². The number of imidazole rings is 1. The van der Waals surface area contributed by atoms with Gasteiger partial charge in [0, 0.05) is 32.4 Å². The van der Waals surface area contributed by atoms with Crippen LogP contribution in [0.25, 0.3) is 5.65 Å². The molecule has 1 fully saturated rings. The van der Waals surface area contributed by atoms with Crippen molar-refractivity contribution >= 4 is 21.6 Å². The molecule has 0 aliphatic carbocycles. The molecule has 0 atom stereocenters. The van der Waals surface area contributed by atoms with Crippen LogP contribution in [-0.2, 0) is 10.0 Å². The second-order valence-electron chi connectivity index (χ2n) is 6.29. The molecule has 130 valence electrons. The predicted octanol–water partition coefficient (Wildman–Crippen LogP) is 1.06. The van der Waals surface area contributed by atoms with Crippen LogP contribution in [0.1, 0.15) is 28.2 Å². The molecule has 0 saturated carbocycles. The molecule has 0 unspecified atom stereocenters. The van der Waals surface area contributed by atoms with Crippen LogP contribution in [0.5, 0.6) is 0 Å². The molecule has 24 heavy (non-hydrogen) atoms. The second kappa shape index (κ2) is 6.18. The molecular weight excluding hydrogens is 328 g/mol. The summed E-state index contributed by atoms with van der Waals surface area (Å²) in [6.45, 7) is 5.54. The van der Waals surface area contributed by atoms with Crippen LogP contribution in [-0.4, -0.2) is 65.3 Å². The van der Waals surface area contributed by atoms with E-state index in [1.807, 2.05) is 36.6 Å². The molecule has 1 amide bonds. The van der Waals surface area contributed by atoms with Gasteiger partial charge in [0.2, 0.25) is 10.0 Å². The van der Waals surface area contributed by atoms with Crippen molar-refractivity contribution in [1.29, 1.82) is 0 Å². The molecule has 0 radical (unpaired) electrons. The maximum absolute atomic E-state index is 13.0. The molecule has 0 aromatic carbocycles. The number of nitrogens with zero attached hydrogens (tertiary/aromatic N) is 4. The molecular formula is C16H22N4O3S. The molecule has 2 aromatic rings. The van der Waals surface area contributed by atoms with E-state index in [2.05, 4.69) is 4.98 Å². The summed E-state index contributed by atoms with van der Waals surface area (Å²) in [5.41, 5.74) is 3.08. The fourth-order valence-electron chi connectivity index (χ4n) is 3.10. The van der Waals surface area contributed by atoms with Gasteiger partial charge in [-0.25, -0.2) is 17.7 Å². The lowest BCUT2D eigenvalue weighted by Gasteiger charge is -2.21. The SMILES string of the molecule is Cc1ccn2c(C(=O)N3CCCN(S(C)(=O)=O)CC3)c(C)nc2c1. The van der Waals surface area contributed by atoms with Gasteiger partial charge in [-0.2, -0.15) is 0 Å². The van der Waals surface area contributed by atoms with E-state index in [0.29, 0.717) is 44.0 Å². The predicted molar refractivity (Wildman–Crippen MR) is 91.6 cm³/mol. The van der Waals surface area contributed by atoms with E-state index in [4.69, 9.17) is 0 Å².